The molecular weight excluding hydrogens is 379 g/mol. The summed E-state index contributed by atoms with van der Waals surface area (Å²) in [4.78, 5) is 21.8. The lowest BCUT2D eigenvalue weighted by Gasteiger charge is -2.24. The highest BCUT2D eigenvalue weighted by molar-refractivity contribution is 7.46. The molecule has 1 saturated carbocycles. The maximum atomic E-state index is 10.9. The highest BCUT2D eigenvalue weighted by Gasteiger charge is 2.38. The van der Waals surface area contributed by atoms with Crippen LogP contribution < -0.4 is 10.5 Å². The van der Waals surface area contributed by atoms with Gasteiger partial charge in [-0.05, 0) is 73.4 Å². The van der Waals surface area contributed by atoms with E-state index in [-0.39, 0.29) is 12.5 Å². The Bertz CT molecular complexity index is 796. The summed E-state index contributed by atoms with van der Waals surface area (Å²) >= 11 is 0. The van der Waals surface area contributed by atoms with Gasteiger partial charge in [0.05, 0.1) is 13.2 Å². The van der Waals surface area contributed by atoms with Crippen LogP contribution in [0, 0.1) is 0 Å². The Morgan fingerprint density at radius 1 is 1.18 bits per heavy atom. The molecule has 3 rings (SSSR count). The van der Waals surface area contributed by atoms with Crippen LogP contribution in [-0.2, 0) is 15.5 Å². The summed E-state index contributed by atoms with van der Waals surface area (Å²) in [6.07, 6.45) is 7.66. The molecule has 1 heterocycles. The molecule has 0 bridgehead atoms. The van der Waals surface area contributed by atoms with E-state index in [1.165, 1.54) is 5.56 Å². The van der Waals surface area contributed by atoms with E-state index in [4.69, 9.17) is 20.3 Å². The van der Waals surface area contributed by atoms with Gasteiger partial charge in [-0.2, -0.15) is 0 Å². The number of ether oxygens (including phenoxy) is 1. The number of aromatic nitrogens is 1. The fourth-order valence-electron chi connectivity index (χ4n) is 3.64. The van der Waals surface area contributed by atoms with E-state index in [1.54, 1.807) is 12.4 Å². The van der Waals surface area contributed by atoms with Crippen LogP contribution in [0.2, 0.25) is 0 Å². The number of hydrogen-bond acceptors (Lipinski definition) is 5. The monoisotopic (exact) mass is 406 g/mol. The first-order valence-corrected chi connectivity index (χ1v) is 11.0. The maximum absolute atomic E-state index is 10.9. The second-order valence-corrected chi connectivity index (χ2v) is 8.68. The average Bonchev–Trinajstić information content (AvgIpc) is 3.07. The van der Waals surface area contributed by atoms with E-state index in [2.05, 4.69) is 9.51 Å². The molecule has 0 amide bonds. The lowest BCUT2D eigenvalue weighted by atomic mass is 9.94. The van der Waals surface area contributed by atoms with Crippen LogP contribution in [0.1, 0.15) is 42.7 Å². The summed E-state index contributed by atoms with van der Waals surface area (Å²) in [5.41, 5.74) is 7.97. The molecule has 4 N–H and O–H groups in total. The number of aryl methyl sites for hydroxylation is 1. The van der Waals surface area contributed by atoms with Crippen molar-refractivity contribution < 1.29 is 23.6 Å². The van der Waals surface area contributed by atoms with Crippen LogP contribution in [0.5, 0.6) is 5.75 Å². The molecule has 1 aliphatic rings. The van der Waals surface area contributed by atoms with Gasteiger partial charge < -0.3 is 20.3 Å². The van der Waals surface area contributed by atoms with Crippen molar-refractivity contribution in [2.24, 2.45) is 5.73 Å². The van der Waals surface area contributed by atoms with Crippen LogP contribution in [-0.4, -0.2) is 33.5 Å². The van der Waals surface area contributed by atoms with Crippen molar-refractivity contribution >= 4 is 7.82 Å². The lowest BCUT2D eigenvalue weighted by molar-refractivity contribution is 0.153. The SMILES string of the molecule is N[C@]1(COP(=O)(O)O)CC[C@@H](c2ccc(OCCCc3ccncc3)cc2)C1. The van der Waals surface area contributed by atoms with Crippen molar-refractivity contribution in [2.75, 3.05) is 13.2 Å². The molecule has 0 radical (unpaired) electrons. The van der Waals surface area contributed by atoms with Crippen LogP contribution in [0.3, 0.4) is 0 Å². The Balaban J connectivity index is 1.44. The Morgan fingerprint density at radius 2 is 1.89 bits per heavy atom. The van der Waals surface area contributed by atoms with Crippen LogP contribution in [0.15, 0.2) is 48.8 Å². The van der Waals surface area contributed by atoms with Gasteiger partial charge >= 0.3 is 7.82 Å². The number of nitrogens with zero attached hydrogens (tertiary/aromatic N) is 1. The molecule has 8 heteroatoms. The number of rotatable bonds is 9. The first-order chi connectivity index (χ1) is 13.3. The molecule has 7 nitrogen and oxygen atoms in total. The number of pyridine rings is 1. The van der Waals surface area contributed by atoms with Gasteiger partial charge in [-0.25, -0.2) is 4.57 Å². The van der Waals surface area contributed by atoms with Crippen molar-refractivity contribution in [1.82, 2.24) is 4.98 Å². The molecule has 0 aliphatic heterocycles. The normalized spacial score (nSPS) is 22.3. The van der Waals surface area contributed by atoms with Crippen molar-refractivity contribution in [2.45, 2.75) is 43.6 Å². The zero-order valence-electron chi connectivity index (χ0n) is 15.7. The Labute approximate surface area is 165 Å². The van der Waals surface area contributed by atoms with Crippen molar-refractivity contribution in [3.8, 4) is 5.75 Å². The molecule has 2 atom stereocenters. The maximum Gasteiger partial charge on any atom is 0.469 e. The van der Waals surface area contributed by atoms with Gasteiger partial charge in [-0.1, -0.05) is 12.1 Å². The topological polar surface area (TPSA) is 115 Å². The van der Waals surface area contributed by atoms with Gasteiger partial charge in [0, 0.05) is 17.9 Å². The minimum absolute atomic E-state index is 0.132. The highest BCUT2D eigenvalue weighted by atomic mass is 31.2. The van der Waals surface area contributed by atoms with E-state index >= 15 is 0 Å². The van der Waals surface area contributed by atoms with Gasteiger partial charge in [0.25, 0.3) is 0 Å². The first-order valence-electron chi connectivity index (χ1n) is 9.44. The number of phosphoric ester groups is 1. The molecule has 1 fully saturated rings. The number of hydrogen-bond donors (Lipinski definition) is 3. The summed E-state index contributed by atoms with van der Waals surface area (Å²) in [6.45, 7) is 0.517. The van der Waals surface area contributed by atoms with Crippen molar-refractivity contribution in [1.29, 1.82) is 0 Å². The van der Waals surface area contributed by atoms with Gasteiger partial charge in [0.15, 0.2) is 0 Å². The fourth-order valence-corrected chi connectivity index (χ4v) is 4.06. The lowest BCUT2D eigenvalue weighted by Crippen LogP contribution is -2.41. The van der Waals surface area contributed by atoms with Crippen LogP contribution in [0.25, 0.3) is 0 Å². The van der Waals surface area contributed by atoms with Gasteiger partial charge in [0.1, 0.15) is 5.75 Å². The van der Waals surface area contributed by atoms with Gasteiger partial charge in [-0.15, -0.1) is 0 Å². The second kappa shape index (κ2) is 9.16. The third-order valence-corrected chi connectivity index (χ3v) is 5.61. The van der Waals surface area contributed by atoms with Crippen LogP contribution >= 0.6 is 7.82 Å². The van der Waals surface area contributed by atoms with Crippen LogP contribution in [0.4, 0.5) is 0 Å². The van der Waals surface area contributed by atoms with Crippen molar-refractivity contribution in [3.05, 3.63) is 59.9 Å². The minimum Gasteiger partial charge on any atom is -0.494 e. The molecule has 1 aliphatic carbocycles. The average molecular weight is 406 g/mol. The molecule has 1 aromatic heterocycles. The number of nitrogens with two attached hydrogens (primary N) is 1. The summed E-state index contributed by atoms with van der Waals surface area (Å²) in [5, 5.41) is 0. The summed E-state index contributed by atoms with van der Waals surface area (Å²) in [6, 6.07) is 12.0. The smallest absolute Gasteiger partial charge is 0.469 e. The molecular formula is C20H27N2O5P. The molecule has 152 valence electrons. The second-order valence-electron chi connectivity index (χ2n) is 7.44. The van der Waals surface area contributed by atoms with Gasteiger partial charge in [-0.3, -0.25) is 9.51 Å². The third-order valence-electron chi connectivity index (χ3n) is 5.14. The summed E-state index contributed by atoms with van der Waals surface area (Å²) in [5.74, 6) is 1.09. The molecule has 28 heavy (non-hydrogen) atoms. The molecule has 1 aromatic carbocycles. The number of benzene rings is 1. The zero-order valence-corrected chi connectivity index (χ0v) is 16.6. The standard InChI is InChI=1S/C20H27N2O5P/c21-20(15-27-28(23,24)25)10-7-18(14-20)17-3-5-19(6-4-17)26-13-1-2-16-8-11-22-12-9-16/h3-6,8-9,11-12,18H,1-2,7,10,13-15,21H2,(H2,23,24,25)/t18-,20-/m1/s1. The van der Waals surface area contributed by atoms with Crippen molar-refractivity contribution in [3.63, 3.8) is 0 Å². The van der Waals surface area contributed by atoms with E-state index in [0.717, 1.165) is 30.6 Å². The van der Waals surface area contributed by atoms with E-state index in [0.29, 0.717) is 19.4 Å². The van der Waals surface area contributed by atoms with Gasteiger partial charge in [0.2, 0.25) is 0 Å². The molecule has 0 spiro atoms. The Hall–Kier alpha value is -1.76. The largest absolute Gasteiger partial charge is 0.494 e. The van der Waals surface area contributed by atoms with E-state index in [1.807, 2.05) is 36.4 Å². The minimum atomic E-state index is -4.49. The molecule has 2 aromatic rings. The first kappa shape index (κ1) is 21.0. The zero-order chi connectivity index (χ0) is 20.0. The quantitative estimate of drug-likeness (QED) is 0.433. The Morgan fingerprint density at radius 3 is 2.57 bits per heavy atom. The fraction of sp³-hybridized carbons (Fsp3) is 0.450. The predicted molar refractivity (Wildman–Crippen MR) is 106 cm³/mol. The predicted octanol–water partition coefficient (Wildman–Crippen LogP) is 3.17. The molecule has 0 saturated heterocycles. The highest BCUT2D eigenvalue weighted by Crippen LogP contribution is 2.43. The summed E-state index contributed by atoms with van der Waals surface area (Å²) in [7, 11) is -4.49. The summed E-state index contributed by atoms with van der Waals surface area (Å²) < 4.78 is 21.3. The van der Waals surface area contributed by atoms with E-state index < -0.39 is 13.4 Å². The number of phosphoric acid groups is 1. The third kappa shape index (κ3) is 6.40. The van der Waals surface area contributed by atoms with E-state index in [9.17, 15) is 4.57 Å². The molecule has 0 unspecified atom stereocenters. The Kier molecular flexibility index (Phi) is 6.86.